The number of hydrogen-bond acceptors (Lipinski definition) is 3. The van der Waals surface area contributed by atoms with Crippen LogP contribution in [0.5, 0.6) is 5.75 Å². The van der Waals surface area contributed by atoms with Crippen LogP contribution in [-0.4, -0.2) is 24.2 Å². The molecule has 1 aromatic heterocycles. The summed E-state index contributed by atoms with van der Waals surface area (Å²) in [5.41, 5.74) is 0.987. The van der Waals surface area contributed by atoms with Gasteiger partial charge in [0, 0.05) is 17.6 Å². The Bertz CT molecular complexity index is 508. The molecule has 2 rings (SSSR count). The van der Waals surface area contributed by atoms with E-state index in [-0.39, 0.29) is 0 Å². The average Bonchev–Trinajstić information content (AvgIpc) is 2.44. The van der Waals surface area contributed by atoms with Gasteiger partial charge in [-0.3, -0.25) is 4.98 Å². The fourth-order valence-electron chi connectivity index (χ4n) is 2.22. The quantitative estimate of drug-likeness (QED) is 0.773. The number of pyridine rings is 1. The van der Waals surface area contributed by atoms with E-state index in [0.717, 1.165) is 42.6 Å². The monoisotopic (exact) mass is 258 g/mol. The average molecular weight is 258 g/mol. The summed E-state index contributed by atoms with van der Waals surface area (Å²) < 4.78 is 5.88. The third-order valence-electron chi connectivity index (χ3n) is 3.20. The Morgan fingerprint density at radius 1 is 1.26 bits per heavy atom. The number of nitrogens with zero attached hydrogens (tertiary/aromatic N) is 1. The van der Waals surface area contributed by atoms with Crippen molar-refractivity contribution in [2.75, 3.05) is 13.2 Å². The minimum absolute atomic E-state index is 0.558. The van der Waals surface area contributed by atoms with Gasteiger partial charge >= 0.3 is 0 Å². The molecular weight excluding hydrogens is 236 g/mol. The van der Waals surface area contributed by atoms with Crippen LogP contribution in [0, 0.1) is 0 Å². The fraction of sp³-hybridized carbons (Fsp3) is 0.438. The molecule has 0 fully saturated rings. The lowest BCUT2D eigenvalue weighted by molar-refractivity contribution is 0.301. The topological polar surface area (TPSA) is 34.1 Å². The molecule has 0 aliphatic carbocycles. The van der Waals surface area contributed by atoms with Gasteiger partial charge < -0.3 is 10.1 Å². The van der Waals surface area contributed by atoms with Crippen LogP contribution in [0.3, 0.4) is 0 Å². The molecular formula is C16H22N2O. The number of aromatic nitrogens is 1. The van der Waals surface area contributed by atoms with Crippen molar-refractivity contribution in [2.24, 2.45) is 0 Å². The van der Waals surface area contributed by atoms with Crippen molar-refractivity contribution in [1.82, 2.24) is 10.3 Å². The lowest BCUT2D eigenvalue weighted by atomic mass is 10.2. The maximum absolute atomic E-state index is 5.88. The number of hydrogen-bond donors (Lipinski definition) is 1. The zero-order valence-corrected chi connectivity index (χ0v) is 11.7. The van der Waals surface area contributed by atoms with Crippen LogP contribution in [0.1, 0.15) is 26.7 Å². The van der Waals surface area contributed by atoms with E-state index in [1.54, 1.807) is 0 Å². The molecule has 1 atom stereocenters. The minimum atomic E-state index is 0.558. The maximum Gasteiger partial charge on any atom is 0.128 e. The van der Waals surface area contributed by atoms with E-state index >= 15 is 0 Å². The number of fused-ring (bicyclic) bond motifs is 1. The number of nitrogens with one attached hydrogen (secondary N) is 1. The van der Waals surface area contributed by atoms with Crippen molar-refractivity contribution in [1.29, 1.82) is 0 Å². The van der Waals surface area contributed by atoms with Gasteiger partial charge in [0.2, 0.25) is 0 Å². The third kappa shape index (κ3) is 3.93. The van der Waals surface area contributed by atoms with Crippen molar-refractivity contribution in [2.45, 2.75) is 32.7 Å². The Labute approximate surface area is 115 Å². The molecule has 102 valence electrons. The SMILES string of the molecule is CCNC(C)CCCOc1cccc2ncccc12. The summed E-state index contributed by atoms with van der Waals surface area (Å²) in [5, 5.41) is 4.50. The van der Waals surface area contributed by atoms with Crippen LogP contribution in [0.4, 0.5) is 0 Å². The highest BCUT2D eigenvalue weighted by atomic mass is 16.5. The van der Waals surface area contributed by atoms with Gasteiger partial charge in [-0.1, -0.05) is 13.0 Å². The zero-order valence-electron chi connectivity index (χ0n) is 11.7. The highest BCUT2D eigenvalue weighted by Gasteiger charge is 2.03. The van der Waals surface area contributed by atoms with E-state index in [4.69, 9.17) is 4.74 Å². The summed E-state index contributed by atoms with van der Waals surface area (Å²) in [5.74, 6) is 0.932. The molecule has 0 spiro atoms. The molecule has 1 N–H and O–H groups in total. The van der Waals surface area contributed by atoms with Crippen LogP contribution >= 0.6 is 0 Å². The number of rotatable bonds is 7. The molecule has 3 heteroatoms. The first-order chi connectivity index (χ1) is 9.31. The second-order valence-electron chi connectivity index (χ2n) is 4.78. The summed E-state index contributed by atoms with van der Waals surface area (Å²) in [6.07, 6.45) is 4.01. The van der Waals surface area contributed by atoms with E-state index in [2.05, 4.69) is 30.2 Å². The van der Waals surface area contributed by atoms with E-state index < -0.39 is 0 Å². The van der Waals surface area contributed by atoms with Gasteiger partial charge in [0.05, 0.1) is 12.1 Å². The fourth-order valence-corrected chi connectivity index (χ4v) is 2.22. The van der Waals surface area contributed by atoms with Gasteiger partial charge in [0.15, 0.2) is 0 Å². The van der Waals surface area contributed by atoms with Gasteiger partial charge in [-0.25, -0.2) is 0 Å². The normalized spacial score (nSPS) is 12.5. The predicted octanol–water partition coefficient (Wildman–Crippen LogP) is 3.39. The van der Waals surface area contributed by atoms with Crippen molar-refractivity contribution < 1.29 is 4.74 Å². The summed E-state index contributed by atoms with van der Waals surface area (Å²) in [6, 6.07) is 10.6. The van der Waals surface area contributed by atoms with Crippen molar-refractivity contribution in [3.8, 4) is 5.75 Å². The Hall–Kier alpha value is -1.61. The molecule has 2 aromatic rings. The van der Waals surface area contributed by atoms with E-state index in [1.807, 2.05) is 30.5 Å². The first kappa shape index (κ1) is 13.8. The highest BCUT2D eigenvalue weighted by Crippen LogP contribution is 2.23. The van der Waals surface area contributed by atoms with Crippen LogP contribution in [0.25, 0.3) is 10.9 Å². The molecule has 1 unspecified atom stereocenters. The van der Waals surface area contributed by atoms with Crippen LogP contribution in [0.15, 0.2) is 36.5 Å². The second kappa shape index (κ2) is 7.10. The Morgan fingerprint density at radius 3 is 3.00 bits per heavy atom. The largest absolute Gasteiger partial charge is 0.493 e. The smallest absolute Gasteiger partial charge is 0.128 e. The van der Waals surface area contributed by atoms with Gasteiger partial charge in [-0.2, -0.15) is 0 Å². The Morgan fingerprint density at radius 2 is 2.16 bits per heavy atom. The maximum atomic E-state index is 5.88. The van der Waals surface area contributed by atoms with Gasteiger partial charge in [0.1, 0.15) is 5.75 Å². The molecule has 1 heterocycles. The Balaban J connectivity index is 1.88. The molecule has 0 aliphatic heterocycles. The van der Waals surface area contributed by atoms with E-state index in [1.165, 1.54) is 0 Å². The lowest BCUT2D eigenvalue weighted by Crippen LogP contribution is -2.25. The van der Waals surface area contributed by atoms with E-state index in [9.17, 15) is 0 Å². The zero-order chi connectivity index (χ0) is 13.5. The number of benzene rings is 1. The van der Waals surface area contributed by atoms with Crippen LogP contribution < -0.4 is 10.1 Å². The summed E-state index contributed by atoms with van der Waals surface area (Å²) in [7, 11) is 0. The molecule has 1 aromatic carbocycles. The first-order valence-electron chi connectivity index (χ1n) is 7.01. The molecule has 19 heavy (non-hydrogen) atoms. The standard InChI is InChI=1S/C16H22N2O/c1-3-17-13(2)7-6-12-19-16-10-4-9-15-14(16)8-5-11-18-15/h4-5,8-11,13,17H,3,6-7,12H2,1-2H3. The molecule has 0 saturated carbocycles. The summed E-state index contributed by atoms with van der Waals surface area (Å²) in [4.78, 5) is 4.33. The van der Waals surface area contributed by atoms with Gasteiger partial charge in [0.25, 0.3) is 0 Å². The molecule has 0 saturated heterocycles. The molecule has 3 nitrogen and oxygen atoms in total. The summed E-state index contributed by atoms with van der Waals surface area (Å²) >= 11 is 0. The summed E-state index contributed by atoms with van der Waals surface area (Å²) in [6.45, 7) is 6.13. The van der Waals surface area contributed by atoms with Crippen molar-refractivity contribution in [3.63, 3.8) is 0 Å². The number of ether oxygens (including phenoxy) is 1. The van der Waals surface area contributed by atoms with Crippen molar-refractivity contribution >= 4 is 10.9 Å². The predicted molar refractivity (Wildman–Crippen MR) is 79.6 cm³/mol. The molecule has 0 bridgehead atoms. The minimum Gasteiger partial charge on any atom is -0.493 e. The van der Waals surface area contributed by atoms with Crippen molar-refractivity contribution in [3.05, 3.63) is 36.5 Å². The van der Waals surface area contributed by atoms with Crippen LogP contribution in [0.2, 0.25) is 0 Å². The Kier molecular flexibility index (Phi) is 5.16. The third-order valence-corrected chi connectivity index (χ3v) is 3.20. The van der Waals surface area contributed by atoms with Gasteiger partial charge in [-0.05, 0) is 50.6 Å². The first-order valence-corrected chi connectivity index (χ1v) is 7.01. The van der Waals surface area contributed by atoms with E-state index in [0.29, 0.717) is 6.04 Å². The highest BCUT2D eigenvalue weighted by molar-refractivity contribution is 5.84. The van der Waals surface area contributed by atoms with Crippen LogP contribution in [-0.2, 0) is 0 Å². The lowest BCUT2D eigenvalue weighted by Gasteiger charge is -2.13. The van der Waals surface area contributed by atoms with Gasteiger partial charge in [-0.15, -0.1) is 0 Å². The molecule has 0 amide bonds. The molecule has 0 aliphatic rings. The second-order valence-corrected chi connectivity index (χ2v) is 4.78. The molecule has 0 radical (unpaired) electrons.